The number of aldehydes is 1. The molecule has 3 amide bonds. The van der Waals surface area contributed by atoms with Gasteiger partial charge < -0.3 is 14.8 Å². The van der Waals surface area contributed by atoms with Gasteiger partial charge in [-0.15, -0.1) is 0 Å². The molecule has 8 nitrogen and oxygen atoms in total. The van der Waals surface area contributed by atoms with E-state index in [1.807, 2.05) is 0 Å². The van der Waals surface area contributed by atoms with E-state index in [0.29, 0.717) is 12.7 Å². The van der Waals surface area contributed by atoms with Crippen molar-refractivity contribution >= 4 is 30.0 Å². The number of fused-ring (bicyclic) bond motifs is 1. The van der Waals surface area contributed by atoms with Crippen molar-refractivity contribution < 1.29 is 28.7 Å². The molecule has 1 aromatic carbocycles. The summed E-state index contributed by atoms with van der Waals surface area (Å²) in [6.45, 7) is 1.45. The van der Waals surface area contributed by atoms with Crippen molar-refractivity contribution in [1.82, 2.24) is 10.2 Å². The monoisotopic (exact) mass is 360 g/mol. The van der Waals surface area contributed by atoms with Gasteiger partial charge in [-0.05, 0) is 31.9 Å². The number of amides is 3. The molecule has 0 radical (unpaired) electrons. The number of benzene rings is 1. The summed E-state index contributed by atoms with van der Waals surface area (Å²) < 4.78 is 4.74. The molecule has 1 aliphatic rings. The number of ether oxygens (including phenoxy) is 1. The number of nitrogens with zero attached hydrogens (tertiary/aromatic N) is 1. The Bertz CT molecular complexity index is 695. The van der Waals surface area contributed by atoms with Crippen LogP contribution in [0, 0.1) is 0 Å². The van der Waals surface area contributed by atoms with Gasteiger partial charge in [0.05, 0.1) is 17.7 Å². The average molecular weight is 360 g/mol. The SMILES string of the molecule is CCOC(=O)CNC(=O)[C@H](CCCC=O)N1C(=O)c2ccccc2C1=O. The van der Waals surface area contributed by atoms with Crippen LogP contribution < -0.4 is 5.32 Å². The molecule has 8 heteroatoms. The average Bonchev–Trinajstić information content (AvgIpc) is 2.89. The summed E-state index contributed by atoms with van der Waals surface area (Å²) in [5.74, 6) is -2.38. The first-order valence-corrected chi connectivity index (χ1v) is 8.35. The third-order valence-electron chi connectivity index (χ3n) is 3.95. The highest BCUT2D eigenvalue weighted by Crippen LogP contribution is 2.26. The zero-order valence-electron chi connectivity index (χ0n) is 14.4. The molecule has 1 atom stereocenters. The normalized spacial score (nSPS) is 14.0. The molecule has 1 aliphatic heterocycles. The predicted octanol–water partition coefficient (Wildman–Crippen LogP) is 0.700. The van der Waals surface area contributed by atoms with Crippen LogP contribution in [0.1, 0.15) is 46.9 Å². The van der Waals surface area contributed by atoms with Gasteiger partial charge in [0.1, 0.15) is 18.9 Å². The Kier molecular flexibility index (Phi) is 6.60. The maximum absolute atomic E-state index is 12.6. The van der Waals surface area contributed by atoms with Crippen LogP contribution in [0.4, 0.5) is 0 Å². The highest BCUT2D eigenvalue weighted by atomic mass is 16.5. The van der Waals surface area contributed by atoms with E-state index in [2.05, 4.69) is 5.32 Å². The maximum atomic E-state index is 12.6. The molecule has 0 aliphatic carbocycles. The summed E-state index contributed by atoms with van der Waals surface area (Å²) >= 11 is 0. The summed E-state index contributed by atoms with van der Waals surface area (Å²) in [6, 6.07) is 5.21. The Hall–Kier alpha value is -3.03. The molecule has 0 fully saturated rings. The summed E-state index contributed by atoms with van der Waals surface area (Å²) in [5, 5.41) is 2.39. The molecule has 2 rings (SSSR count). The van der Waals surface area contributed by atoms with E-state index in [0.717, 1.165) is 4.90 Å². The molecule has 0 saturated heterocycles. The number of hydrogen-bond acceptors (Lipinski definition) is 6. The highest BCUT2D eigenvalue weighted by molar-refractivity contribution is 6.22. The molecule has 1 heterocycles. The van der Waals surface area contributed by atoms with Crippen LogP contribution in [0.5, 0.6) is 0 Å². The Labute approximate surface area is 150 Å². The lowest BCUT2D eigenvalue weighted by molar-refractivity contribution is -0.143. The molecule has 0 bridgehead atoms. The van der Waals surface area contributed by atoms with E-state index in [1.165, 1.54) is 12.1 Å². The first kappa shape index (κ1) is 19.3. The fourth-order valence-electron chi connectivity index (χ4n) is 2.75. The van der Waals surface area contributed by atoms with E-state index in [9.17, 15) is 24.0 Å². The van der Waals surface area contributed by atoms with E-state index in [-0.39, 0.29) is 37.1 Å². The van der Waals surface area contributed by atoms with Gasteiger partial charge in [0.2, 0.25) is 5.91 Å². The molecule has 138 valence electrons. The lowest BCUT2D eigenvalue weighted by Crippen LogP contribution is -2.50. The Morgan fingerprint density at radius 1 is 1.19 bits per heavy atom. The Balaban J connectivity index is 2.18. The van der Waals surface area contributed by atoms with Gasteiger partial charge in [-0.25, -0.2) is 0 Å². The van der Waals surface area contributed by atoms with E-state index < -0.39 is 29.7 Å². The van der Waals surface area contributed by atoms with Gasteiger partial charge >= 0.3 is 5.97 Å². The first-order valence-electron chi connectivity index (χ1n) is 8.35. The maximum Gasteiger partial charge on any atom is 0.325 e. The Morgan fingerprint density at radius 2 is 1.81 bits per heavy atom. The van der Waals surface area contributed by atoms with E-state index in [4.69, 9.17) is 4.74 Å². The second-order valence-electron chi connectivity index (χ2n) is 5.66. The van der Waals surface area contributed by atoms with Crippen LogP contribution in [0.3, 0.4) is 0 Å². The van der Waals surface area contributed by atoms with Crippen molar-refractivity contribution in [3.05, 3.63) is 35.4 Å². The number of imide groups is 1. The van der Waals surface area contributed by atoms with Crippen LogP contribution in [0.15, 0.2) is 24.3 Å². The third kappa shape index (κ3) is 4.14. The van der Waals surface area contributed by atoms with Crippen molar-refractivity contribution in [2.75, 3.05) is 13.2 Å². The largest absolute Gasteiger partial charge is 0.465 e. The molecular formula is C18H20N2O6. The Morgan fingerprint density at radius 3 is 2.35 bits per heavy atom. The lowest BCUT2D eigenvalue weighted by atomic mass is 10.1. The molecule has 0 aromatic heterocycles. The number of carbonyl (C=O) groups is 5. The summed E-state index contributed by atoms with van der Waals surface area (Å²) in [4.78, 5) is 60.6. The molecule has 0 saturated carbocycles. The number of nitrogens with one attached hydrogen (secondary N) is 1. The summed E-state index contributed by atoms with van der Waals surface area (Å²) in [7, 11) is 0. The minimum atomic E-state index is -1.10. The number of hydrogen-bond donors (Lipinski definition) is 1. The molecule has 1 aromatic rings. The quantitative estimate of drug-likeness (QED) is 0.300. The first-order chi connectivity index (χ1) is 12.5. The summed E-state index contributed by atoms with van der Waals surface area (Å²) in [6.07, 6.45) is 1.36. The third-order valence-corrected chi connectivity index (χ3v) is 3.95. The van der Waals surface area contributed by atoms with Crippen molar-refractivity contribution in [3.63, 3.8) is 0 Å². The van der Waals surface area contributed by atoms with Gasteiger partial charge in [0.15, 0.2) is 0 Å². The standard InChI is InChI=1S/C18H20N2O6/c1-2-26-15(22)11-19-16(23)14(9-5-6-10-21)20-17(24)12-7-3-4-8-13(12)18(20)25/h3-4,7-8,10,14H,2,5-6,9,11H2,1H3,(H,19,23)/t14-/m0/s1. The van der Waals surface area contributed by atoms with Gasteiger partial charge in [-0.2, -0.15) is 0 Å². The topological polar surface area (TPSA) is 110 Å². The fraction of sp³-hybridized carbons (Fsp3) is 0.389. The zero-order valence-corrected chi connectivity index (χ0v) is 14.4. The molecule has 1 N–H and O–H groups in total. The van der Waals surface area contributed by atoms with Crippen molar-refractivity contribution in [3.8, 4) is 0 Å². The van der Waals surface area contributed by atoms with Crippen LogP contribution >= 0.6 is 0 Å². The highest BCUT2D eigenvalue weighted by Gasteiger charge is 2.42. The van der Waals surface area contributed by atoms with E-state index in [1.54, 1.807) is 19.1 Å². The van der Waals surface area contributed by atoms with Crippen molar-refractivity contribution in [1.29, 1.82) is 0 Å². The van der Waals surface area contributed by atoms with Gasteiger partial charge in [-0.3, -0.25) is 24.1 Å². The second-order valence-corrected chi connectivity index (χ2v) is 5.66. The zero-order chi connectivity index (χ0) is 19.1. The smallest absolute Gasteiger partial charge is 0.325 e. The molecule has 26 heavy (non-hydrogen) atoms. The van der Waals surface area contributed by atoms with Gasteiger partial charge in [-0.1, -0.05) is 12.1 Å². The van der Waals surface area contributed by atoms with Crippen LogP contribution in [0.2, 0.25) is 0 Å². The lowest BCUT2D eigenvalue weighted by Gasteiger charge is -2.25. The minimum Gasteiger partial charge on any atom is -0.465 e. The predicted molar refractivity (Wildman–Crippen MR) is 90.3 cm³/mol. The van der Waals surface area contributed by atoms with Crippen LogP contribution in [-0.2, 0) is 19.1 Å². The molecule has 0 unspecified atom stereocenters. The van der Waals surface area contributed by atoms with Gasteiger partial charge in [0, 0.05) is 6.42 Å². The van der Waals surface area contributed by atoms with E-state index >= 15 is 0 Å². The summed E-state index contributed by atoms with van der Waals surface area (Å²) in [5.41, 5.74) is 0.465. The number of carbonyl (C=O) groups excluding carboxylic acids is 5. The molecular weight excluding hydrogens is 340 g/mol. The molecule has 0 spiro atoms. The van der Waals surface area contributed by atoms with Gasteiger partial charge in [0.25, 0.3) is 11.8 Å². The van der Waals surface area contributed by atoms with Crippen molar-refractivity contribution in [2.45, 2.75) is 32.2 Å². The van der Waals surface area contributed by atoms with Crippen LogP contribution in [-0.4, -0.2) is 54.1 Å². The fourth-order valence-corrected chi connectivity index (χ4v) is 2.75. The minimum absolute atomic E-state index is 0.124. The van der Waals surface area contributed by atoms with Crippen molar-refractivity contribution in [2.24, 2.45) is 0 Å². The number of unbranched alkanes of at least 4 members (excludes halogenated alkanes) is 1. The second kappa shape index (κ2) is 8.89. The van der Waals surface area contributed by atoms with Crippen LogP contribution in [0.25, 0.3) is 0 Å². The number of rotatable bonds is 9. The number of esters is 1.